The number of morpholine rings is 1. The third-order valence-electron chi connectivity index (χ3n) is 5.34. The van der Waals surface area contributed by atoms with Gasteiger partial charge in [-0.2, -0.15) is 0 Å². The number of carbonyl (C=O) groups excluding carboxylic acids is 2. The van der Waals surface area contributed by atoms with Gasteiger partial charge >= 0.3 is 0 Å². The zero-order valence-corrected chi connectivity index (χ0v) is 17.4. The minimum atomic E-state index is -0.602. The van der Waals surface area contributed by atoms with Gasteiger partial charge in [0.05, 0.1) is 25.3 Å². The number of aromatic nitrogens is 1. The van der Waals surface area contributed by atoms with E-state index in [1.807, 2.05) is 51.1 Å². The Balaban J connectivity index is 1.49. The molecule has 29 heavy (non-hydrogen) atoms. The van der Waals surface area contributed by atoms with Gasteiger partial charge in [0.2, 0.25) is 11.8 Å². The third kappa shape index (κ3) is 5.67. The number of rotatable bonds is 7. The lowest BCUT2D eigenvalue weighted by Gasteiger charge is -2.40. The smallest absolute Gasteiger partial charge is 0.227 e. The molecule has 2 heterocycles. The SMILES string of the molecule is Cc1noc(C)c1CC(=O)N1CCOC(C)(CNC(=O)CCc2ccccc2)C1. The number of amides is 2. The number of hydrogen-bond donors (Lipinski definition) is 1. The summed E-state index contributed by atoms with van der Waals surface area (Å²) in [7, 11) is 0. The van der Waals surface area contributed by atoms with E-state index >= 15 is 0 Å². The van der Waals surface area contributed by atoms with Crippen LogP contribution in [0.3, 0.4) is 0 Å². The van der Waals surface area contributed by atoms with E-state index in [1.54, 1.807) is 4.90 Å². The van der Waals surface area contributed by atoms with E-state index in [9.17, 15) is 9.59 Å². The Labute approximate surface area is 171 Å². The number of benzene rings is 1. The highest BCUT2D eigenvalue weighted by molar-refractivity contribution is 5.79. The van der Waals surface area contributed by atoms with Gasteiger partial charge in [0.15, 0.2) is 0 Å². The monoisotopic (exact) mass is 399 g/mol. The maximum atomic E-state index is 12.8. The number of ether oxygens (including phenoxy) is 1. The lowest BCUT2D eigenvalue weighted by atomic mass is 10.0. The summed E-state index contributed by atoms with van der Waals surface area (Å²) in [6.07, 6.45) is 1.39. The molecule has 3 rings (SSSR count). The lowest BCUT2D eigenvalue weighted by molar-refractivity contribution is -0.147. The molecule has 1 aromatic carbocycles. The molecule has 1 fully saturated rings. The van der Waals surface area contributed by atoms with Gasteiger partial charge in [0.1, 0.15) is 11.4 Å². The highest BCUT2D eigenvalue weighted by atomic mass is 16.5. The number of aryl methyl sites for hydroxylation is 3. The van der Waals surface area contributed by atoms with E-state index in [4.69, 9.17) is 9.26 Å². The number of nitrogens with zero attached hydrogens (tertiary/aromatic N) is 2. The van der Waals surface area contributed by atoms with E-state index in [-0.39, 0.29) is 18.2 Å². The van der Waals surface area contributed by atoms with Crippen LogP contribution in [-0.2, 0) is 27.2 Å². The van der Waals surface area contributed by atoms with Gasteiger partial charge in [0, 0.05) is 25.1 Å². The summed E-state index contributed by atoms with van der Waals surface area (Å²) in [5.41, 5.74) is 2.13. The molecular weight excluding hydrogens is 370 g/mol. The summed E-state index contributed by atoms with van der Waals surface area (Å²) >= 11 is 0. The van der Waals surface area contributed by atoms with Crippen LogP contribution < -0.4 is 5.32 Å². The van der Waals surface area contributed by atoms with Gasteiger partial charge in [-0.15, -0.1) is 0 Å². The van der Waals surface area contributed by atoms with Crippen LogP contribution in [0.25, 0.3) is 0 Å². The molecule has 0 aliphatic carbocycles. The van der Waals surface area contributed by atoms with E-state index in [0.29, 0.717) is 44.8 Å². The molecule has 1 aliphatic rings. The van der Waals surface area contributed by atoms with Gasteiger partial charge < -0.3 is 19.5 Å². The zero-order chi connectivity index (χ0) is 20.9. The Morgan fingerprint density at radius 1 is 1.24 bits per heavy atom. The van der Waals surface area contributed by atoms with Crippen molar-refractivity contribution in [3.63, 3.8) is 0 Å². The number of hydrogen-bond acceptors (Lipinski definition) is 5. The highest BCUT2D eigenvalue weighted by Gasteiger charge is 2.34. The van der Waals surface area contributed by atoms with Crippen LogP contribution in [0.2, 0.25) is 0 Å². The highest BCUT2D eigenvalue weighted by Crippen LogP contribution is 2.20. The zero-order valence-electron chi connectivity index (χ0n) is 17.4. The molecule has 1 N–H and O–H groups in total. The number of carbonyl (C=O) groups is 2. The van der Waals surface area contributed by atoms with E-state index in [1.165, 1.54) is 0 Å². The largest absolute Gasteiger partial charge is 0.370 e. The third-order valence-corrected chi connectivity index (χ3v) is 5.34. The molecule has 7 heteroatoms. The molecule has 0 bridgehead atoms. The molecule has 0 spiro atoms. The molecule has 0 saturated carbocycles. The van der Waals surface area contributed by atoms with Crippen LogP contribution in [-0.4, -0.2) is 53.7 Å². The number of nitrogens with one attached hydrogen (secondary N) is 1. The average molecular weight is 399 g/mol. The molecule has 7 nitrogen and oxygen atoms in total. The predicted molar refractivity (Wildman–Crippen MR) is 108 cm³/mol. The molecule has 1 aromatic heterocycles. The van der Waals surface area contributed by atoms with Gasteiger partial charge in [-0.1, -0.05) is 35.5 Å². The quantitative estimate of drug-likeness (QED) is 0.772. The van der Waals surface area contributed by atoms with Crippen LogP contribution in [0, 0.1) is 13.8 Å². The summed E-state index contributed by atoms with van der Waals surface area (Å²) in [4.78, 5) is 26.8. The van der Waals surface area contributed by atoms with Crippen LogP contribution in [0.5, 0.6) is 0 Å². The molecule has 1 unspecified atom stereocenters. The van der Waals surface area contributed by atoms with Crippen LogP contribution in [0.1, 0.15) is 35.9 Å². The van der Waals surface area contributed by atoms with Crippen molar-refractivity contribution in [2.75, 3.05) is 26.2 Å². The fourth-order valence-electron chi connectivity index (χ4n) is 3.54. The fraction of sp³-hybridized carbons (Fsp3) is 0.500. The van der Waals surface area contributed by atoms with E-state index < -0.39 is 5.60 Å². The molecule has 1 atom stereocenters. The van der Waals surface area contributed by atoms with Crippen LogP contribution in [0.4, 0.5) is 0 Å². The maximum Gasteiger partial charge on any atom is 0.227 e. The van der Waals surface area contributed by atoms with Crippen molar-refractivity contribution in [3.8, 4) is 0 Å². The van der Waals surface area contributed by atoms with Crippen molar-refractivity contribution in [2.45, 2.75) is 45.6 Å². The molecule has 0 radical (unpaired) electrons. The van der Waals surface area contributed by atoms with E-state index in [0.717, 1.165) is 16.8 Å². The predicted octanol–water partition coefficient (Wildman–Crippen LogP) is 2.20. The van der Waals surface area contributed by atoms with Gasteiger partial charge in [-0.3, -0.25) is 9.59 Å². The first-order chi connectivity index (χ1) is 13.9. The summed E-state index contributed by atoms with van der Waals surface area (Å²) in [6, 6.07) is 9.93. The minimum Gasteiger partial charge on any atom is -0.370 e. The topological polar surface area (TPSA) is 84.7 Å². The molecule has 2 aromatic rings. The second kappa shape index (κ2) is 9.22. The Hall–Kier alpha value is -2.67. The maximum absolute atomic E-state index is 12.8. The Bertz CT molecular complexity index is 829. The van der Waals surface area contributed by atoms with Gasteiger partial charge in [-0.25, -0.2) is 0 Å². The summed E-state index contributed by atoms with van der Waals surface area (Å²) in [5, 5.41) is 6.87. The first-order valence-corrected chi connectivity index (χ1v) is 10.0. The second-order valence-electron chi connectivity index (χ2n) is 7.86. The summed E-state index contributed by atoms with van der Waals surface area (Å²) < 4.78 is 11.1. The molecular formula is C22H29N3O4. The Morgan fingerprint density at radius 3 is 2.69 bits per heavy atom. The molecule has 1 aliphatic heterocycles. The Morgan fingerprint density at radius 2 is 2.00 bits per heavy atom. The van der Waals surface area contributed by atoms with Crippen molar-refractivity contribution in [3.05, 3.63) is 52.9 Å². The molecule has 1 saturated heterocycles. The summed E-state index contributed by atoms with van der Waals surface area (Å²) in [6.45, 7) is 7.39. The van der Waals surface area contributed by atoms with Crippen LogP contribution in [0.15, 0.2) is 34.9 Å². The van der Waals surface area contributed by atoms with Crippen LogP contribution >= 0.6 is 0 Å². The van der Waals surface area contributed by atoms with Gasteiger partial charge in [0.25, 0.3) is 0 Å². The normalized spacial score (nSPS) is 19.2. The molecule has 2 amide bonds. The summed E-state index contributed by atoms with van der Waals surface area (Å²) in [5.74, 6) is 0.680. The first-order valence-electron chi connectivity index (χ1n) is 10.0. The fourth-order valence-corrected chi connectivity index (χ4v) is 3.54. The lowest BCUT2D eigenvalue weighted by Crippen LogP contribution is -2.57. The van der Waals surface area contributed by atoms with Crippen molar-refractivity contribution in [2.24, 2.45) is 0 Å². The van der Waals surface area contributed by atoms with Crippen molar-refractivity contribution < 1.29 is 18.8 Å². The first kappa shape index (κ1) is 21.0. The van der Waals surface area contributed by atoms with Gasteiger partial charge in [-0.05, 0) is 32.8 Å². The molecule has 156 valence electrons. The van der Waals surface area contributed by atoms with Crippen molar-refractivity contribution in [1.29, 1.82) is 0 Å². The van der Waals surface area contributed by atoms with Crippen molar-refractivity contribution >= 4 is 11.8 Å². The minimum absolute atomic E-state index is 0.0159. The van der Waals surface area contributed by atoms with E-state index in [2.05, 4.69) is 10.5 Å². The standard InChI is InChI=1S/C22H29N3O4/c1-16-19(17(2)29-24-16)13-21(27)25-11-12-28-22(3,15-25)14-23-20(26)10-9-18-7-5-4-6-8-18/h4-8H,9-15H2,1-3H3,(H,23,26). The Kier molecular flexibility index (Phi) is 6.69. The second-order valence-corrected chi connectivity index (χ2v) is 7.86. The average Bonchev–Trinajstić information content (AvgIpc) is 3.03. The van der Waals surface area contributed by atoms with Crippen molar-refractivity contribution in [1.82, 2.24) is 15.4 Å².